The maximum absolute atomic E-state index is 9.81. The van der Waals surface area contributed by atoms with E-state index in [1.54, 1.807) is 0 Å². The molecule has 0 unspecified atom stereocenters. The molecular formula is C10H7NNaO4S+. The zero-order chi connectivity index (χ0) is 11.0. The molecule has 82 valence electrons. The van der Waals surface area contributed by atoms with E-state index in [1.807, 2.05) is 35.0 Å². The molecule has 0 N–H and O–H groups in total. The van der Waals surface area contributed by atoms with Crippen molar-refractivity contribution in [1.82, 2.24) is 0 Å². The summed E-state index contributed by atoms with van der Waals surface area (Å²) < 4.78 is 11.8. The maximum atomic E-state index is 9.81. The molecule has 1 aliphatic rings. The Morgan fingerprint density at radius 2 is 2.24 bits per heavy atom. The van der Waals surface area contributed by atoms with Crippen LogP contribution in [0, 0.1) is 0 Å². The molecule has 0 saturated carbocycles. The van der Waals surface area contributed by atoms with E-state index < -0.39 is 0 Å². The molecule has 0 atom stereocenters. The second kappa shape index (κ2) is 5.53. The Morgan fingerprint density at radius 3 is 3.06 bits per heavy atom. The standard InChI is InChI=1S/C10H7NO4S.Na/c12-14-15-16-9-4-3-8-10-7(9)2-1-5-11(10)6-13-8;/h1-5H,6H2;/q;+1. The topological polar surface area (TPSA) is 54.6 Å². The van der Waals surface area contributed by atoms with Crippen molar-refractivity contribution in [3.8, 4) is 5.75 Å². The molecule has 7 heteroatoms. The first kappa shape index (κ1) is 13.1. The zero-order valence-corrected chi connectivity index (χ0v) is 11.9. The molecule has 17 heavy (non-hydrogen) atoms. The van der Waals surface area contributed by atoms with Gasteiger partial charge in [-0.05, 0) is 18.2 Å². The minimum atomic E-state index is 0. The third kappa shape index (κ3) is 2.30. The summed E-state index contributed by atoms with van der Waals surface area (Å²) in [4.78, 5) is 0.814. The number of rotatable bonds is 3. The van der Waals surface area contributed by atoms with E-state index >= 15 is 0 Å². The molecule has 2 heterocycles. The normalized spacial score (nSPS) is 12.3. The smallest absolute Gasteiger partial charge is 0.691 e. The molecule has 0 radical (unpaired) electrons. The Bertz CT molecular complexity index is 541. The van der Waals surface area contributed by atoms with Crippen molar-refractivity contribution < 1.29 is 53.5 Å². The first-order valence-corrected chi connectivity index (χ1v) is 5.35. The summed E-state index contributed by atoms with van der Waals surface area (Å²) in [5.74, 6) is 0.836. The van der Waals surface area contributed by atoms with Crippen LogP contribution in [0.15, 0.2) is 35.4 Å². The van der Waals surface area contributed by atoms with Gasteiger partial charge in [0.25, 0.3) is 12.2 Å². The summed E-state index contributed by atoms with van der Waals surface area (Å²) in [5.41, 5.74) is 1.00. The second-order valence-electron chi connectivity index (χ2n) is 3.29. The number of pyridine rings is 1. The molecule has 0 bridgehead atoms. The Balaban J connectivity index is 0.00000108. The number of ether oxygens (including phenoxy) is 1. The average Bonchev–Trinajstić information content (AvgIpc) is 2.74. The number of nitrogens with zero attached hydrogens (tertiary/aromatic N) is 1. The van der Waals surface area contributed by atoms with Gasteiger partial charge < -0.3 is 9.99 Å². The van der Waals surface area contributed by atoms with E-state index in [0.29, 0.717) is 6.73 Å². The van der Waals surface area contributed by atoms with E-state index in [4.69, 9.17) is 4.74 Å². The van der Waals surface area contributed by atoms with Crippen molar-refractivity contribution >= 4 is 22.9 Å². The van der Waals surface area contributed by atoms with Crippen LogP contribution >= 0.6 is 12.0 Å². The Labute approximate surface area is 124 Å². The molecule has 0 amide bonds. The van der Waals surface area contributed by atoms with Crippen LogP contribution in [0.2, 0.25) is 0 Å². The van der Waals surface area contributed by atoms with Crippen LogP contribution in [0.4, 0.5) is 0 Å². The summed E-state index contributed by atoms with van der Waals surface area (Å²) >= 11 is 0.891. The molecule has 1 aromatic carbocycles. The minimum Gasteiger partial charge on any atom is -0.691 e. The van der Waals surface area contributed by atoms with Crippen molar-refractivity contribution in [3.05, 3.63) is 30.5 Å². The largest absolute Gasteiger partial charge is 1.00 e. The van der Waals surface area contributed by atoms with Gasteiger partial charge in [0.2, 0.25) is 0 Å². The average molecular weight is 260 g/mol. The maximum Gasteiger partial charge on any atom is 1.00 e. The number of hydrogen-bond donors (Lipinski definition) is 0. The first-order valence-electron chi connectivity index (χ1n) is 4.61. The fourth-order valence-corrected chi connectivity index (χ4v) is 2.31. The van der Waals surface area contributed by atoms with Gasteiger partial charge in [0.15, 0.2) is 11.9 Å². The van der Waals surface area contributed by atoms with Crippen molar-refractivity contribution in [2.45, 2.75) is 11.6 Å². The van der Waals surface area contributed by atoms with E-state index in [9.17, 15) is 5.26 Å². The molecule has 0 spiro atoms. The van der Waals surface area contributed by atoms with Crippen LogP contribution in [-0.2, 0) is 16.1 Å². The quantitative estimate of drug-likeness (QED) is 0.204. The Morgan fingerprint density at radius 1 is 1.35 bits per heavy atom. The van der Waals surface area contributed by atoms with Crippen LogP contribution in [0.3, 0.4) is 0 Å². The molecule has 0 aliphatic carbocycles. The van der Waals surface area contributed by atoms with Gasteiger partial charge in [-0.15, -0.1) is 0 Å². The van der Waals surface area contributed by atoms with Crippen LogP contribution in [-0.4, -0.2) is 0 Å². The van der Waals surface area contributed by atoms with Gasteiger partial charge in [-0.2, -0.15) is 8.90 Å². The molecule has 1 aliphatic heterocycles. The van der Waals surface area contributed by atoms with Gasteiger partial charge in [0.05, 0.1) is 22.3 Å². The summed E-state index contributed by atoms with van der Waals surface area (Å²) in [6, 6.07) is 7.54. The number of hydrogen-bond acceptors (Lipinski definition) is 5. The van der Waals surface area contributed by atoms with Crippen LogP contribution in [0.5, 0.6) is 5.75 Å². The summed E-state index contributed by atoms with van der Waals surface area (Å²) in [7, 11) is 0. The van der Waals surface area contributed by atoms with Gasteiger partial charge in [0, 0.05) is 6.07 Å². The molecule has 1 aromatic heterocycles. The fourth-order valence-electron chi connectivity index (χ4n) is 1.83. The molecular weight excluding hydrogens is 253 g/mol. The molecule has 2 aromatic rings. The van der Waals surface area contributed by atoms with E-state index in [0.717, 1.165) is 33.6 Å². The molecule has 0 fully saturated rings. The zero-order valence-electron chi connectivity index (χ0n) is 9.08. The third-order valence-electron chi connectivity index (χ3n) is 2.47. The third-order valence-corrected chi connectivity index (χ3v) is 3.13. The van der Waals surface area contributed by atoms with Gasteiger partial charge in [-0.25, -0.2) is 0 Å². The Kier molecular flexibility index (Phi) is 4.26. The van der Waals surface area contributed by atoms with Gasteiger partial charge in [-0.1, -0.05) is 0 Å². The van der Waals surface area contributed by atoms with Crippen molar-refractivity contribution in [1.29, 1.82) is 0 Å². The number of aromatic nitrogens is 1. The summed E-state index contributed by atoms with van der Waals surface area (Å²) in [6.07, 6.45) is 1.94. The van der Waals surface area contributed by atoms with E-state index in [1.165, 1.54) is 0 Å². The van der Waals surface area contributed by atoms with Crippen molar-refractivity contribution in [2.75, 3.05) is 0 Å². The fraction of sp³-hybridized carbons (Fsp3) is 0.100. The van der Waals surface area contributed by atoms with Crippen LogP contribution in [0.25, 0.3) is 10.9 Å². The summed E-state index contributed by atoms with van der Waals surface area (Å²) in [5, 5.41) is 14.1. The van der Waals surface area contributed by atoms with E-state index in [2.05, 4.69) is 9.37 Å². The van der Waals surface area contributed by atoms with Crippen LogP contribution in [0.1, 0.15) is 0 Å². The van der Waals surface area contributed by atoms with Gasteiger partial charge >= 0.3 is 29.6 Å². The predicted molar refractivity (Wildman–Crippen MR) is 52.8 cm³/mol. The molecule has 3 rings (SSSR count). The second-order valence-corrected chi connectivity index (χ2v) is 4.04. The van der Waals surface area contributed by atoms with Crippen molar-refractivity contribution in [2.24, 2.45) is 0 Å². The Hall–Kier alpha value is -0.340. The van der Waals surface area contributed by atoms with Gasteiger partial charge in [0.1, 0.15) is 0 Å². The summed E-state index contributed by atoms with van der Waals surface area (Å²) in [6.45, 7) is 0.514. The predicted octanol–water partition coefficient (Wildman–Crippen LogP) is -2.29. The van der Waals surface area contributed by atoms with E-state index in [-0.39, 0.29) is 29.6 Å². The molecule has 0 saturated heterocycles. The molecule has 5 nitrogen and oxygen atoms in total. The number of benzene rings is 1. The van der Waals surface area contributed by atoms with Crippen LogP contribution < -0.4 is 44.1 Å². The monoisotopic (exact) mass is 260 g/mol. The SMILES string of the molecule is [Na+].[O-]OOSc1ccc2c3c1ccc[n+]3CO2. The first-order chi connectivity index (χ1) is 7.90. The minimum absolute atomic E-state index is 0. The van der Waals surface area contributed by atoms with Crippen molar-refractivity contribution in [3.63, 3.8) is 0 Å². The van der Waals surface area contributed by atoms with Gasteiger partial charge in [-0.3, -0.25) is 5.04 Å².